The quantitative estimate of drug-likeness (QED) is 0.704. The van der Waals surface area contributed by atoms with Crippen LogP contribution in [0.4, 0.5) is 5.69 Å². The third-order valence-corrected chi connectivity index (χ3v) is 6.39. The summed E-state index contributed by atoms with van der Waals surface area (Å²) in [6, 6.07) is 3.59. The lowest BCUT2D eigenvalue weighted by molar-refractivity contribution is -0.164. The van der Waals surface area contributed by atoms with Gasteiger partial charge in [0.05, 0.1) is 5.56 Å². The Hall–Kier alpha value is -2.59. The standard InChI is InChI=1S/C17H18N2O7S/c1-8(20)18(10-6-4-5-9(7-10)15(22)23)11-13(21)19-12(16(24)25)17(2,26-3)27-14(11)19/h4-7,11-12,14H,1-3H3,(H,22,23)(H,24,25)/t11?,12?,14-,17+/m1/s1. The van der Waals surface area contributed by atoms with Crippen molar-refractivity contribution in [3.05, 3.63) is 29.8 Å². The molecule has 2 aliphatic rings. The number of aromatic carboxylic acids is 1. The predicted molar refractivity (Wildman–Crippen MR) is 95.4 cm³/mol. The molecule has 0 aromatic heterocycles. The SMILES string of the molecule is CO[C@@]1(C)S[C@@H]2C(N(C(C)=O)c3cccc(C(=O)O)c3)C(=O)N2C1C(=O)O. The number of hydrogen-bond donors (Lipinski definition) is 2. The molecule has 0 bridgehead atoms. The number of carboxylic acid groups (broad SMARTS) is 2. The molecule has 3 rings (SSSR count). The molecule has 10 heteroatoms. The van der Waals surface area contributed by atoms with Gasteiger partial charge < -0.3 is 19.8 Å². The summed E-state index contributed by atoms with van der Waals surface area (Å²) in [5, 5.41) is 18.1. The zero-order chi connectivity index (χ0) is 20.1. The fourth-order valence-corrected chi connectivity index (χ4v) is 5.12. The first-order valence-electron chi connectivity index (χ1n) is 8.03. The van der Waals surface area contributed by atoms with E-state index in [-0.39, 0.29) is 11.3 Å². The number of rotatable bonds is 5. The van der Waals surface area contributed by atoms with E-state index in [2.05, 4.69) is 0 Å². The third kappa shape index (κ3) is 2.85. The first-order valence-corrected chi connectivity index (χ1v) is 8.91. The number of hydrogen-bond acceptors (Lipinski definition) is 6. The number of amides is 2. The molecule has 2 saturated heterocycles. The second-order valence-corrected chi connectivity index (χ2v) is 7.93. The average molecular weight is 394 g/mol. The number of fused-ring (bicyclic) bond motifs is 1. The van der Waals surface area contributed by atoms with Crippen LogP contribution in [-0.4, -0.2) is 68.4 Å². The van der Waals surface area contributed by atoms with E-state index in [4.69, 9.17) is 4.74 Å². The van der Waals surface area contributed by atoms with E-state index in [9.17, 15) is 29.4 Å². The van der Waals surface area contributed by atoms with E-state index in [1.54, 1.807) is 6.92 Å². The fraction of sp³-hybridized carbons (Fsp3) is 0.412. The van der Waals surface area contributed by atoms with E-state index in [1.165, 1.54) is 48.1 Å². The van der Waals surface area contributed by atoms with Crippen molar-refractivity contribution < 1.29 is 34.1 Å². The molecule has 1 aromatic rings. The number of thioether (sulfide) groups is 1. The lowest BCUT2D eigenvalue weighted by atomic mass is 9.98. The van der Waals surface area contributed by atoms with Crippen LogP contribution in [-0.2, 0) is 19.1 Å². The maximum Gasteiger partial charge on any atom is 0.335 e. The molecule has 0 aliphatic carbocycles. The van der Waals surface area contributed by atoms with Gasteiger partial charge in [-0.15, -0.1) is 0 Å². The van der Waals surface area contributed by atoms with E-state index >= 15 is 0 Å². The zero-order valence-corrected chi connectivity index (χ0v) is 15.6. The Bertz CT molecular complexity index is 844. The average Bonchev–Trinajstić information content (AvgIpc) is 2.89. The molecule has 2 heterocycles. The van der Waals surface area contributed by atoms with Crippen molar-refractivity contribution >= 4 is 41.2 Å². The predicted octanol–water partition coefficient (Wildman–Crippen LogP) is 0.837. The molecule has 0 spiro atoms. The van der Waals surface area contributed by atoms with Crippen LogP contribution in [0.1, 0.15) is 24.2 Å². The Balaban J connectivity index is 1.99. The normalized spacial score (nSPS) is 29.1. The Labute approximate surface area is 158 Å². The zero-order valence-electron chi connectivity index (χ0n) is 14.8. The summed E-state index contributed by atoms with van der Waals surface area (Å²) in [5.74, 6) is -3.32. The summed E-state index contributed by atoms with van der Waals surface area (Å²) in [6.45, 7) is 2.86. The first kappa shape index (κ1) is 19.2. The number of anilines is 1. The van der Waals surface area contributed by atoms with E-state index in [1.807, 2.05) is 0 Å². The molecule has 4 atom stereocenters. The van der Waals surface area contributed by atoms with E-state index in [0.717, 1.165) is 11.8 Å². The summed E-state index contributed by atoms with van der Waals surface area (Å²) in [6.07, 6.45) is 0. The van der Waals surface area contributed by atoms with Crippen LogP contribution in [0.5, 0.6) is 0 Å². The van der Waals surface area contributed by atoms with Crippen LogP contribution < -0.4 is 4.90 Å². The van der Waals surface area contributed by atoms with Gasteiger partial charge in [0.15, 0.2) is 6.04 Å². The lowest BCUT2D eigenvalue weighted by Crippen LogP contribution is -2.71. The number of nitrogens with zero attached hydrogens (tertiary/aromatic N) is 2. The molecule has 144 valence electrons. The van der Waals surface area contributed by atoms with Crippen molar-refractivity contribution in [2.24, 2.45) is 0 Å². The number of β-lactam (4-membered cyclic amide) rings is 1. The van der Waals surface area contributed by atoms with Crippen LogP contribution in [0.25, 0.3) is 0 Å². The van der Waals surface area contributed by atoms with Gasteiger partial charge in [0.25, 0.3) is 5.91 Å². The maximum atomic E-state index is 12.8. The maximum absolute atomic E-state index is 12.8. The minimum absolute atomic E-state index is 0.0217. The largest absolute Gasteiger partial charge is 0.480 e. The monoisotopic (exact) mass is 394 g/mol. The Morgan fingerprint density at radius 2 is 1.96 bits per heavy atom. The molecule has 2 amide bonds. The molecule has 2 fully saturated rings. The second kappa shape index (κ2) is 6.54. The van der Waals surface area contributed by atoms with Gasteiger partial charge in [-0.3, -0.25) is 14.5 Å². The number of carboxylic acids is 2. The van der Waals surface area contributed by atoms with Crippen LogP contribution in [0.15, 0.2) is 24.3 Å². The summed E-state index contributed by atoms with van der Waals surface area (Å²) >= 11 is 1.15. The van der Waals surface area contributed by atoms with Gasteiger partial charge >= 0.3 is 11.9 Å². The van der Waals surface area contributed by atoms with Gasteiger partial charge in [0.2, 0.25) is 5.91 Å². The Kier molecular flexibility index (Phi) is 4.64. The van der Waals surface area contributed by atoms with Crippen molar-refractivity contribution in [2.75, 3.05) is 12.0 Å². The summed E-state index contributed by atoms with van der Waals surface area (Å²) in [4.78, 5) is 49.2. The van der Waals surface area contributed by atoms with Crippen LogP contribution >= 0.6 is 11.8 Å². The number of ether oxygens (including phenoxy) is 1. The highest BCUT2D eigenvalue weighted by molar-refractivity contribution is 8.01. The van der Waals surface area contributed by atoms with Crippen molar-refractivity contribution in [1.29, 1.82) is 0 Å². The third-order valence-electron chi connectivity index (χ3n) is 4.81. The minimum atomic E-state index is -1.19. The number of carbonyl (C=O) groups is 4. The van der Waals surface area contributed by atoms with E-state index < -0.39 is 46.1 Å². The number of methoxy groups -OCH3 is 1. The highest BCUT2D eigenvalue weighted by Crippen LogP contribution is 2.53. The highest BCUT2D eigenvalue weighted by atomic mass is 32.2. The minimum Gasteiger partial charge on any atom is -0.480 e. The molecule has 9 nitrogen and oxygen atoms in total. The molecular weight excluding hydrogens is 376 g/mol. The van der Waals surface area contributed by atoms with Gasteiger partial charge in [-0.05, 0) is 25.1 Å². The Morgan fingerprint density at radius 3 is 2.48 bits per heavy atom. The molecule has 1 aromatic carbocycles. The molecule has 2 N–H and O–H groups in total. The number of carbonyl (C=O) groups excluding carboxylic acids is 2. The summed E-state index contributed by atoms with van der Waals surface area (Å²) in [7, 11) is 1.37. The topological polar surface area (TPSA) is 124 Å². The molecule has 0 saturated carbocycles. The van der Waals surface area contributed by atoms with Gasteiger partial charge in [-0.25, -0.2) is 9.59 Å². The Morgan fingerprint density at radius 1 is 1.30 bits per heavy atom. The van der Waals surface area contributed by atoms with Crippen LogP contribution in [0, 0.1) is 0 Å². The van der Waals surface area contributed by atoms with Gasteiger partial charge in [0.1, 0.15) is 16.3 Å². The molecule has 2 unspecified atom stereocenters. The van der Waals surface area contributed by atoms with E-state index in [0.29, 0.717) is 0 Å². The highest BCUT2D eigenvalue weighted by Gasteiger charge is 2.67. The van der Waals surface area contributed by atoms with Crippen molar-refractivity contribution in [3.63, 3.8) is 0 Å². The molecular formula is C17H18N2O7S. The lowest BCUT2D eigenvalue weighted by Gasteiger charge is -2.47. The number of aliphatic carboxylic acids is 1. The first-order chi connectivity index (χ1) is 12.6. The van der Waals surface area contributed by atoms with Crippen LogP contribution in [0.3, 0.4) is 0 Å². The summed E-state index contributed by atoms with van der Waals surface area (Å²) in [5.41, 5.74) is 0.241. The van der Waals surface area contributed by atoms with Crippen LogP contribution in [0.2, 0.25) is 0 Å². The fourth-order valence-electron chi connectivity index (χ4n) is 3.49. The van der Waals surface area contributed by atoms with Gasteiger partial charge in [0, 0.05) is 19.7 Å². The van der Waals surface area contributed by atoms with Crippen molar-refractivity contribution in [2.45, 2.75) is 36.2 Å². The molecule has 2 aliphatic heterocycles. The van der Waals surface area contributed by atoms with Gasteiger partial charge in [-0.2, -0.15) is 0 Å². The second-order valence-electron chi connectivity index (χ2n) is 6.40. The molecule has 0 radical (unpaired) electrons. The van der Waals surface area contributed by atoms with Gasteiger partial charge in [-0.1, -0.05) is 17.8 Å². The van der Waals surface area contributed by atoms with Crippen molar-refractivity contribution in [1.82, 2.24) is 4.90 Å². The van der Waals surface area contributed by atoms with Crippen molar-refractivity contribution in [3.8, 4) is 0 Å². The number of benzene rings is 1. The smallest absolute Gasteiger partial charge is 0.335 e. The molecule has 27 heavy (non-hydrogen) atoms. The summed E-state index contributed by atoms with van der Waals surface area (Å²) < 4.78 is 5.35.